The molecule has 0 amide bonds. The molecule has 90 valence electrons. The van der Waals surface area contributed by atoms with E-state index in [-0.39, 0.29) is 5.25 Å². The third-order valence-corrected chi connectivity index (χ3v) is 4.67. The molecule has 0 bridgehead atoms. The van der Waals surface area contributed by atoms with Gasteiger partial charge in [-0.05, 0) is 54.1 Å². The van der Waals surface area contributed by atoms with Crippen molar-refractivity contribution < 1.29 is 4.21 Å². The van der Waals surface area contributed by atoms with Crippen molar-refractivity contribution in [2.75, 3.05) is 12.8 Å². The van der Waals surface area contributed by atoms with Crippen LogP contribution in [0, 0.1) is 3.57 Å². The van der Waals surface area contributed by atoms with E-state index in [1.807, 2.05) is 6.92 Å². The summed E-state index contributed by atoms with van der Waals surface area (Å²) in [6.07, 6.45) is 1.75. The SMILES string of the molecule is CC(NCC(C)S(C)=O)c1ccc(I)cc1. The number of hydrogen-bond donors (Lipinski definition) is 1. The van der Waals surface area contributed by atoms with Crippen molar-refractivity contribution in [3.63, 3.8) is 0 Å². The van der Waals surface area contributed by atoms with Gasteiger partial charge in [0.25, 0.3) is 0 Å². The van der Waals surface area contributed by atoms with Crippen LogP contribution in [-0.2, 0) is 10.8 Å². The van der Waals surface area contributed by atoms with Crippen molar-refractivity contribution in [2.45, 2.75) is 25.1 Å². The number of rotatable bonds is 5. The van der Waals surface area contributed by atoms with Gasteiger partial charge >= 0.3 is 0 Å². The van der Waals surface area contributed by atoms with Gasteiger partial charge in [-0.25, -0.2) is 0 Å². The zero-order chi connectivity index (χ0) is 12.1. The Balaban J connectivity index is 2.49. The highest BCUT2D eigenvalue weighted by atomic mass is 127. The molecule has 1 rings (SSSR count). The maximum Gasteiger partial charge on any atom is 0.0441 e. The van der Waals surface area contributed by atoms with Crippen molar-refractivity contribution in [3.05, 3.63) is 33.4 Å². The Hall–Kier alpha value is 0.0600. The molecule has 0 fully saturated rings. The number of benzene rings is 1. The van der Waals surface area contributed by atoms with Crippen LogP contribution >= 0.6 is 22.6 Å². The second-order valence-electron chi connectivity index (χ2n) is 3.99. The average molecular weight is 351 g/mol. The monoisotopic (exact) mass is 351 g/mol. The van der Waals surface area contributed by atoms with Gasteiger partial charge in [0.2, 0.25) is 0 Å². The molecular formula is C12H18INOS. The lowest BCUT2D eigenvalue weighted by Gasteiger charge is -2.16. The summed E-state index contributed by atoms with van der Waals surface area (Å²) in [6.45, 7) is 4.92. The highest BCUT2D eigenvalue weighted by Gasteiger charge is 2.09. The van der Waals surface area contributed by atoms with Crippen LogP contribution < -0.4 is 5.32 Å². The van der Waals surface area contributed by atoms with Gasteiger partial charge < -0.3 is 5.32 Å². The second-order valence-corrected chi connectivity index (χ2v) is 7.04. The molecule has 4 heteroatoms. The van der Waals surface area contributed by atoms with Gasteiger partial charge in [-0.1, -0.05) is 12.1 Å². The van der Waals surface area contributed by atoms with E-state index in [1.165, 1.54) is 9.13 Å². The predicted octanol–water partition coefficient (Wildman–Crippen LogP) is 2.71. The maximum absolute atomic E-state index is 11.2. The highest BCUT2D eigenvalue weighted by molar-refractivity contribution is 14.1. The van der Waals surface area contributed by atoms with Crippen LogP contribution in [0.4, 0.5) is 0 Å². The molecule has 1 aromatic carbocycles. The van der Waals surface area contributed by atoms with Gasteiger partial charge in [0, 0.05) is 38.5 Å². The Morgan fingerprint density at radius 1 is 1.31 bits per heavy atom. The fraction of sp³-hybridized carbons (Fsp3) is 0.500. The van der Waals surface area contributed by atoms with Gasteiger partial charge in [0.05, 0.1) is 0 Å². The Morgan fingerprint density at radius 2 is 1.88 bits per heavy atom. The number of halogens is 1. The van der Waals surface area contributed by atoms with Crippen LogP contribution in [0.15, 0.2) is 24.3 Å². The number of hydrogen-bond acceptors (Lipinski definition) is 2. The smallest absolute Gasteiger partial charge is 0.0441 e. The first-order valence-electron chi connectivity index (χ1n) is 5.31. The molecule has 1 aromatic rings. The van der Waals surface area contributed by atoms with Gasteiger partial charge in [-0.2, -0.15) is 0 Å². The molecule has 0 heterocycles. The van der Waals surface area contributed by atoms with Crippen LogP contribution in [0.5, 0.6) is 0 Å². The first-order valence-corrected chi connectivity index (χ1v) is 8.01. The third-order valence-electron chi connectivity index (χ3n) is 2.65. The standard InChI is InChI=1S/C12H18INOS/c1-9(16(3)15)8-14-10(2)11-4-6-12(13)7-5-11/h4-7,9-10,14H,8H2,1-3H3. The third kappa shape index (κ3) is 4.51. The lowest BCUT2D eigenvalue weighted by molar-refractivity contribution is 0.569. The second kappa shape index (κ2) is 6.71. The number of nitrogens with one attached hydrogen (secondary N) is 1. The Kier molecular flexibility index (Phi) is 5.92. The van der Waals surface area contributed by atoms with Crippen LogP contribution in [0.25, 0.3) is 0 Å². The van der Waals surface area contributed by atoms with Crippen molar-refractivity contribution >= 4 is 33.4 Å². The minimum Gasteiger partial charge on any atom is -0.309 e. The van der Waals surface area contributed by atoms with Gasteiger partial charge in [0.1, 0.15) is 0 Å². The molecule has 2 nitrogen and oxygen atoms in total. The lowest BCUT2D eigenvalue weighted by Crippen LogP contribution is -2.29. The summed E-state index contributed by atoms with van der Waals surface area (Å²) in [4.78, 5) is 0. The van der Waals surface area contributed by atoms with E-state index in [0.29, 0.717) is 6.04 Å². The first kappa shape index (κ1) is 14.1. The first-order chi connectivity index (χ1) is 7.50. The molecule has 1 N–H and O–H groups in total. The van der Waals surface area contributed by atoms with Crippen molar-refractivity contribution in [1.29, 1.82) is 0 Å². The molecule has 0 saturated heterocycles. The van der Waals surface area contributed by atoms with Gasteiger partial charge in [-0.3, -0.25) is 4.21 Å². The predicted molar refractivity (Wildman–Crippen MR) is 79.1 cm³/mol. The summed E-state index contributed by atoms with van der Waals surface area (Å²) in [5.74, 6) is 0. The molecule has 3 unspecified atom stereocenters. The molecule has 0 aromatic heterocycles. The zero-order valence-corrected chi connectivity index (χ0v) is 12.8. The molecule has 3 atom stereocenters. The summed E-state index contributed by atoms with van der Waals surface area (Å²) in [6, 6.07) is 8.79. The van der Waals surface area contributed by atoms with Crippen molar-refractivity contribution in [2.24, 2.45) is 0 Å². The van der Waals surface area contributed by atoms with E-state index in [0.717, 1.165) is 6.54 Å². The molecule has 0 radical (unpaired) electrons. The highest BCUT2D eigenvalue weighted by Crippen LogP contribution is 2.14. The molecule has 0 aliphatic carbocycles. The summed E-state index contributed by atoms with van der Waals surface area (Å²) in [7, 11) is -0.751. The molecular weight excluding hydrogens is 333 g/mol. The van der Waals surface area contributed by atoms with Gasteiger partial charge in [0.15, 0.2) is 0 Å². The fourth-order valence-electron chi connectivity index (χ4n) is 1.33. The van der Waals surface area contributed by atoms with Crippen LogP contribution in [0.1, 0.15) is 25.5 Å². The van der Waals surface area contributed by atoms with E-state index < -0.39 is 10.8 Å². The average Bonchev–Trinajstić information content (AvgIpc) is 2.26. The molecule has 0 aliphatic rings. The van der Waals surface area contributed by atoms with Crippen molar-refractivity contribution in [3.8, 4) is 0 Å². The molecule has 0 aliphatic heterocycles. The Labute approximate surface area is 114 Å². The van der Waals surface area contributed by atoms with E-state index in [2.05, 4.69) is 59.1 Å². The molecule has 0 saturated carbocycles. The summed E-state index contributed by atoms with van der Waals surface area (Å²) >= 11 is 2.30. The lowest BCUT2D eigenvalue weighted by atomic mass is 10.1. The van der Waals surface area contributed by atoms with E-state index in [9.17, 15) is 4.21 Å². The quantitative estimate of drug-likeness (QED) is 0.827. The topological polar surface area (TPSA) is 29.1 Å². The van der Waals surface area contributed by atoms with E-state index in [1.54, 1.807) is 6.26 Å². The summed E-state index contributed by atoms with van der Waals surface area (Å²) in [5, 5.41) is 3.60. The largest absolute Gasteiger partial charge is 0.309 e. The van der Waals surface area contributed by atoms with Crippen LogP contribution in [0.3, 0.4) is 0 Å². The summed E-state index contributed by atoms with van der Waals surface area (Å²) in [5.41, 5.74) is 1.27. The minimum absolute atomic E-state index is 0.200. The fourth-order valence-corrected chi connectivity index (χ4v) is 2.02. The zero-order valence-electron chi connectivity index (χ0n) is 9.87. The Bertz CT molecular complexity index is 353. The van der Waals surface area contributed by atoms with E-state index in [4.69, 9.17) is 0 Å². The molecule has 0 spiro atoms. The van der Waals surface area contributed by atoms with Gasteiger partial charge in [-0.15, -0.1) is 0 Å². The Morgan fingerprint density at radius 3 is 2.38 bits per heavy atom. The minimum atomic E-state index is -0.751. The van der Waals surface area contributed by atoms with E-state index >= 15 is 0 Å². The summed E-state index contributed by atoms with van der Waals surface area (Å²) < 4.78 is 12.5. The maximum atomic E-state index is 11.2. The van der Waals surface area contributed by atoms with Crippen LogP contribution in [0.2, 0.25) is 0 Å². The normalized spacial score (nSPS) is 16.8. The molecule has 16 heavy (non-hydrogen) atoms. The van der Waals surface area contributed by atoms with Crippen LogP contribution in [-0.4, -0.2) is 22.3 Å². The van der Waals surface area contributed by atoms with Crippen molar-refractivity contribution in [1.82, 2.24) is 5.32 Å².